The van der Waals surface area contributed by atoms with Crippen molar-refractivity contribution >= 4 is 11.3 Å². The molecule has 2 heterocycles. The molecule has 0 amide bonds. The van der Waals surface area contributed by atoms with Crippen LogP contribution < -0.4 is 5.32 Å². The van der Waals surface area contributed by atoms with E-state index in [4.69, 9.17) is 0 Å². The maximum absolute atomic E-state index is 3.75. The second kappa shape index (κ2) is 7.58. The first-order chi connectivity index (χ1) is 9.60. The SMILES string of the molecule is CCC(C)C1CN(C(C)Cc2ccc(C)s2)CCCN1. The van der Waals surface area contributed by atoms with Crippen LogP contribution in [0.5, 0.6) is 0 Å². The van der Waals surface area contributed by atoms with E-state index >= 15 is 0 Å². The Bertz CT molecular complexity index is 401. The summed E-state index contributed by atoms with van der Waals surface area (Å²) < 4.78 is 0. The van der Waals surface area contributed by atoms with Gasteiger partial charge in [0.2, 0.25) is 0 Å². The molecule has 0 spiro atoms. The molecule has 0 radical (unpaired) electrons. The van der Waals surface area contributed by atoms with Crippen molar-refractivity contribution in [2.75, 3.05) is 19.6 Å². The first kappa shape index (κ1) is 16.0. The van der Waals surface area contributed by atoms with Gasteiger partial charge in [-0.25, -0.2) is 0 Å². The zero-order chi connectivity index (χ0) is 14.5. The van der Waals surface area contributed by atoms with Gasteiger partial charge in [-0.1, -0.05) is 20.3 Å². The fourth-order valence-electron chi connectivity index (χ4n) is 3.06. The van der Waals surface area contributed by atoms with Crippen LogP contribution >= 0.6 is 11.3 Å². The Morgan fingerprint density at radius 1 is 1.40 bits per heavy atom. The lowest BCUT2D eigenvalue weighted by Gasteiger charge is -2.32. The lowest BCUT2D eigenvalue weighted by molar-refractivity contribution is 0.186. The van der Waals surface area contributed by atoms with Gasteiger partial charge in [-0.3, -0.25) is 4.90 Å². The van der Waals surface area contributed by atoms with Crippen molar-refractivity contribution in [1.82, 2.24) is 10.2 Å². The van der Waals surface area contributed by atoms with Crippen molar-refractivity contribution in [3.63, 3.8) is 0 Å². The number of thiophene rings is 1. The highest BCUT2D eigenvalue weighted by Crippen LogP contribution is 2.20. The summed E-state index contributed by atoms with van der Waals surface area (Å²) in [5.41, 5.74) is 0. The molecule has 0 saturated carbocycles. The van der Waals surface area contributed by atoms with E-state index in [1.54, 1.807) is 0 Å². The molecular formula is C17H30N2S. The summed E-state index contributed by atoms with van der Waals surface area (Å²) in [7, 11) is 0. The highest BCUT2D eigenvalue weighted by Gasteiger charge is 2.24. The Balaban J connectivity index is 1.94. The molecule has 1 aromatic heterocycles. The third-order valence-electron chi connectivity index (χ3n) is 4.71. The van der Waals surface area contributed by atoms with E-state index in [1.165, 1.54) is 48.7 Å². The number of hydrogen-bond acceptors (Lipinski definition) is 3. The fourth-order valence-corrected chi connectivity index (χ4v) is 4.07. The van der Waals surface area contributed by atoms with Gasteiger partial charge >= 0.3 is 0 Å². The quantitative estimate of drug-likeness (QED) is 0.891. The summed E-state index contributed by atoms with van der Waals surface area (Å²) >= 11 is 1.95. The van der Waals surface area contributed by atoms with Crippen LogP contribution in [0.3, 0.4) is 0 Å². The molecule has 1 aliphatic rings. The van der Waals surface area contributed by atoms with Gasteiger partial charge in [0.25, 0.3) is 0 Å². The minimum Gasteiger partial charge on any atom is -0.312 e. The van der Waals surface area contributed by atoms with Gasteiger partial charge in [0.15, 0.2) is 0 Å². The lowest BCUT2D eigenvalue weighted by atomic mass is 9.98. The second-order valence-corrected chi connectivity index (χ2v) is 7.73. The summed E-state index contributed by atoms with van der Waals surface area (Å²) in [5, 5.41) is 3.75. The first-order valence-corrected chi connectivity index (χ1v) is 8.94. The molecule has 0 bridgehead atoms. The Morgan fingerprint density at radius 2 is 2.20 bits per heavy atom. The first-order valence-electron chi connectivity index (χ1n) is 8.13. The molecule has 0 aliphatic carbocycles. The third-order valence-corrected chi connectivity index (χ3v) is 5.73. The van der Waals surface area contributed by atoms with Crippen LogP contribution in [-0.2, 0) is 6.42 Å². The Morgan fingerprint density at radius 3 is 2.85 bits per heavy atom. The van der Waals surface area contributed by atoms with Gasteiger partial charge in [-0.05, 0) is 57.8 Å². The fraction of sp³-hybridized carbons (Fsp3) is 0.765. The standard InChI is InChI=1S/C17H30N2S/c1-5-13(2)17-12-19(10-6-9-18-17)14(3)11-16-8-7-15(4)20-16/h7-8,13-14,17-18H,5-6,9-12H2,1-4H3. The molecule has 3 atom stereocenters. The van der Waals surface area contributed by atoms with Gasteiger partial charge in [-0.2, -0.15) is 0 Å². The van der Waals surface area contributed by atoms with Crippen LogP contribution in [0.15, 0.2) is 12.1 Å². The minimum atomic E-state index is 0.652. The summed E-state index contributed by atoms with van der Waals surface area (Å²) in [6.45, 7) is 12.9. The summed E-state index contributed by atoms with van der Waals surface area (Å²) in [4.78, 5) is 5.67. The molecule has 1 saturated heterocycles. The second-order valence-electron chi connectivity index (χ2n) is 6.36. The van der Waals surface area contributed by atoms with Crippen LogP contribution in [0.4, 0.5) is 0 Å². The van der Waals surface area contributed by atoms with Crippen molar-refractivity contribution in [3.8, 4) is 0 Å². The zero-order valence-electron chi connectivity index (χ0n) is 13.5. The van der Waals surface area contributed by atoms with Gasteiger partial charge < -0.3 is 5.32 Å². The van der Waals surface area contributed by atoms with Crippen molar-refractivity contribution in [2.45, 2.75) is 59.0 Å². The Labute approximate surface area is 128 Å². The maximum atomic E-state index is 3.75. The van der Waals surface area contributed by atoms with E-state index in [0.717, 1.165) is 5.92 Å². The Hall–Kier alpha value is -0.380. The number of nitrogens with zero attached hydrogens (tertiary/aromatic N) is 1. The van der Waals surface area contributed by atoms with Crippen LogP contribution in [-0.4, -0.2) is 36.6 Å². The zero-order valence-corrected chi connectivity index (χ0v) is 14.3. The normalized spacial score (nSPS) is 24.3. The van der Waals surface area contributed by atoms with Gasteiger partial charge in [-0.15, -0.1) is 11.3 Å². The number of rotatable bonds is 5. The van der Waals surface area contributed by atoms with Crippen molar-refractivity contribution in [1.29, 1.82) is 0 Å². The van der Waals surface area contributed by atoms with Gasteiger partial charge in [0.1, 0.15) is 0 Å². The number of nitrogens with one attached hydrogen (secondary N) is 1. The predicted molar refractivity (Wildman–Crippen MR) is 89.7 cm³/mol. The lowest BCUT2D eigenvalue weighted by Crippen LogP contribution is -2.45. The smallest absolute Gasteiger partial charge is 0.0220 e. The molecule has 3 heteroatoms. The number of aryl methyl sites for hydroxylation is 1. The van der Waals surface area contributed by atoms with E-state index in [-0.39, 0.29) is 0 Å². The van der Waals surface area contributed by atoms with E-state index in [9.17, 15) is 0 Å². The molecule has 1 fully saturated rings. The summed E-state index contributed by atoms with van der Waals surface area (Å²) in [5.74, 6) is 0.770. The molecular weight excluding hydrogens is 264 g/mol. The van der Waals surface area contributed by atoms with E-state index in [0.29, 0.717) is 12.1 Å². The van der Waals surface area contributed by atoms with Crippen molar-refractivity contribution in [2.24, 2.45) is 5.92 Å². The van der Waals surface area contributed by atoms with Crippen molar-refractivity contribution in [3.05, 3.63) is 21.9 Å². The highest BCUT2D eigenvalue weighted by molar-refractivity contribution is 7.11. The summed E-state index contributed by atoms with van der Waals surface area (Å²) in [6.07, 6.45) is 3.75. The molecule has 1 N–H and O–H groups in total. The van der Waals surface area contributed by atoms with Crippen LogP contribution in [0.25, 0.3) is 0 Å². The minimum absolute atomic E-state index is 0.652. The molecule has 20 heavy (non-hydrogen) atoms. The predicted octanol–water partition coefficient (Wildman–Crippen LogP) is 3.70. The van der Waals surface area contributed by atoms with Gasteiger partial charge in [0.05, 0.1) is 0 Å². The van der Waals surface area contributed by atoms with Crippen LogP contribution in [0.1, 0.15) is 43.4 Å². The largest absolute Gasteiger partial charge is 0.312 e. The topological polar surface area (TPSA) is 15.3 Å². The Kier molecular flexibility index (Phi) is 6.06. The number of hydrogen-bond donors (Lipinski definition) is 1. The third kappa shape index (κ3) is 4.31. The molecule has 1 aliphatic heterocycles. The van der Waals surface area contributed by atoms with E-state index in [1.807, 2.05) is 11.3 Å². The molecule has 0 aromatic carbocycles. The molecule has 1 aromatic rings. The van der Waals surface area contributed by atoms with Crippen LogP contribution in [0, 0.1) is 12.8 Å². The highest BCUT2D eigenvalue weighted by atomic mass is 32.1. The molecule has 3 unspecified atom stereocenters. The average Bonchev–Trinajstić information content (AvgIpc) is 2.70. The molecule has 114 valence electrons. The molecule has 2 nitrogen and oxygen atoms in total. The molecule has 2 rings (SSSR count). The van der Waals surface area contributed by atoms with Crippen LogP contribution in [0.2, 0.25) is 0 Å². The van der Waals surface area contributed by atoms with E-state index < -0.39 is 0 Å². The summed E-state index contributed by atoms with van der Waals surface area (Å²) in [6, 6.07) is 5.87. The van der Waals surface area contributed by atoms with Crippen molar-refractivity contribution < 1.29 is 0 Å². The maximum Gasteiger partial charge on any atom is 0.0220 e. The van der Waals surface area contributed by atoms with Gasteiger partial charge in [0, 0.05) is 28.4 Å². The van der Waals surface area contributed by atoms with E-state index in [2.05, 4.69) is 50.0 Å². The monoisotopic (exact) mass is 294 g/mol. The average molecular weight is 295 g/mol.